The van der Waals surface area contributed by atoms with Crippen molar-refractivity contribution in [2.45, 2.75) is 19.8 Å². The third-order valence-electron chi connectivity index (χ3n) is 1.01. The second-order valence-electron chi connectivity index (χ2n) is 1.89. The molecule has 0 radical (unpaired) electrons. The minimum atomic E-state index is 0.943. The van der Waals surface area contributed by atoms with Crippen LogP contribution in [0.1, 0.15) is 19.8 Å². The Balaban J connectivity index is 3.26. The summed E-state index contributed by atoms with van der Waals surface area (Å²) in [5, 5.41) is 8.22. The van der Waals surface area contributed by atoms with Crippen LogP contribution < -0.4 is 0 Å². The molecule has 0 rings (SSSR count). The van der Waals surface area contributed by atoms with Crippen LogP contribution >= 0.6 is 0 Å². The fraction of sp³-hybridized carbons (Fsp3) is 0.333. The van der Waals surface area contributed by atoms with Crippen molar-refractivity contribution in [2.24, 2.45) is 0 Å². The summed E-state index contributed by atoms with van der Waals surface area (Å²) in [7, 11) is 0. The molecule has 0 saturated carbocycles. The van der Waals surface area contributed by atoms with Crippen molar-refractivity contribution in [2.75, 3.05) is 0 Å². The summed E-state index contributed by atoms with van der Waals surface area (Å²) in [6.45, 7) is 2.10. The molecular weight excluding hydrogens is 124 g/mol. The quantitative estimate of drug-likeness (QED) is 0.359. The molecule has 0 fully saturated rings. The minimum absolute atomic E-state index is 0.943. The lowest BCUT2D eigenvalue weighted by Crippen LogP contribution is -1.58. The molecule has 0 aliphatic rings. The molecule has 0 aromatic carbocycles. The average Bonchev–Trinajstić information content (AvgIpc) is 1.97. The van der Waals surface area contributed by atoms with E-state index in [1.165, 1.54) is 0 Å². The Kier molecular flexibility index (Phi) is 7.23. The molecule has 0 atom stereocenters. The molecular formula is C9H14O. The van der Waals surface area contributed by atoms with Crippen LogP contribution in [0.25, 0.3) is 0 Å². The lowest BCUT2D eigenvalue weighted by Gasteiger charge is -1.78. The largest absolute Gasteiger partial charge is 0.516 e. The van der Waals surface area contributed by atoms with Crippen LogP contribution in [0, 0.1) is 0 Å². The van der Waals surface area contributed by atoms with Gasteiger partial charge in [-0.25, -0.2) is 0 Å². The van der Waals surface area contributed by atoms with Crippen LogP contribution in [0.2, 0.25) is 0 Å². The van der Waals surface area contributed by atoms with Gasteiger partial charge in [0.25, 0.3) is 0 Å². The van der Waals surface area contributed by atoms with E-state index in [1.54, 1.807) is 6.08 Å². The summed E-state index contributed by atoms with van der Waals surface area (Å²) in [4.78, 5) is 0. The molecule has 1 heteroatoms. The zero-order valence-corrected chi connectivity index (χ0v) is 6.33. The highest BCUT2D eigenvalue weighted by Gasteiger charge is 1.67. The Morgan fingerprint density at radius 1 is 1.10 bits per heavy atom. The molecule has 1 nitrogen and oxygen atoms in total. The summed E-state index contributed by atoms with van der Waals surface area (Å²) < 4.78 is 0. The maximum absolute atomic E-state index is 8.22. The highest BCUT2D eigenvalue weighted by molar-refractivity contribution is 5.02. The minimum Gasteiger partial charge on any atom is -0.516 e. The van der Waals surface area contributed by atoms with Crippen molar-refractivity contribution in [1.29, 1.82) is 0 Å². The predicted molar refractivity (Wildman–Crippen MR) is 45.0 cm³/mol. The van der Waals surface area contributed by atoms with Crippen molar-refractivity contribution >= 4 is 0 Å². The van der Waals surface area contributed by atoms with Gasteiger partial charge in [0, 0.05) is 0 Å². The molecule has 0 saturated heterocycles. The van der Waals surface area contributed by atoms with Gasteiger partial charge in [0.1, 0.15) is 0 Å². The number of aliphatic hydroxyl groups excluding tert-OH is 1. The number of hydrogen-bond acceptors (Lipinski definition) is 1. The van der Waals surface area contributed by atoms with E-state index in [0.717, 1.165) is 19.1 Å². The molecule has 0 aromatic heterocycles. The molecule has 0 unspecified atom stereocenters. The van der Waals surface area contributed by atoms with Crippen LogP contribution in [-0.4, -0.2) is 5.11 Å². The Bertz CT molecular complexity index is 132. The Morgan fingerprint density at radius 2 is 1.90 bits per heavy atom. The maximum Gasteiger partial charge on any atom is 0.0791 e. The van der Waals surface area contributed by atoms with E-state index in [9.17, 15) is 0 Å². The van der Waals surface area contributed by atoms with Crippen molar-refractivity contribution in [1.82, 2.24) is 0 Å². The summed E-state index contributed by atoms with van der Waals surface area (Å²) in [6.07, 6.45) is 12.7. The Morgan fingerprint density at radius 3 is 2.50 bits per heavy atom. The standard InChI is InChI=1S/C9H14O/c1-2-3-4-5-6-7-8-9-10/h3-4,6-10H,2,5H2,1H3/b4-3+,7-6+,9-8+. The summed E-state index contributed by atoms with van der Waals surface area (Å²) in [5.41, 5.74) is 0. The highest BCUT2D eigenvalue weighted by atomic mass is 16.2. The van der Waals surface area contributed by atoms with E-state index >= 15 is 0 Å². The third-order valence-corrected chi connectivity index (χ3v) is 1.01. The first-order valence-electron chi connectivity index (χ1n) is 3.52. The van der Waals surface area contributed by atoms with E-state index in [4.69, 9.17) is 5.11 Å². The molecule has 0 heterocycles. The van der Waals surface area contributed by atoms with Crippen molar-refractivity contribution in [3.63, 3.8) is 0 Å². The second-order valence-corrected chi connectivity index (χ2v) is 1.89. The van der Waals surface area contributed by atoms with Gasteiger partial charge in [-0.2, -0.15) is 0 Å². The van der Waals surface area contributed by atoms with Gasteiger partial charge in [-0.3, -0.25) is 0 Å². The van der Waals surface area contributed by atoms with Crippen LogP contribution in [0.15, 0.2) is 36.6 Å². The van der Waals surface area contributed by atoms with Crippen LogP contribution in [0.4, 0.5) is 0 Å². The molecule has 10 heavy (non-hydrogen) atoms. The highest BCUT2D eigenvalue weighted by Crippen LogP contribution is 1.88. The van der Waals surface area contributed by atoms with E-state index in [-0.39, 0.29) is 0 Å². The molecule has 0 spiro atoms. The fourth-order valence-electron chi connectivity index (χ4n) is 0.548. The van der Waals surface area contributed by atoms with Gasteiger partial charge in [-0.05, 0) is 18.9 Å². The molecule has 0 aliphatic heterocycles. The van der Waals surface area contributed by atoms with E-state index in [2.05, 4.69) is 19.1 Å². The van der Waals surface area contributed by atoms with Crippen LogP contribution in [-0.2, 0) is 0 Å². The second kappa shape index (κ2) is 8.02. The van der Waals surface area contributed by atoms with Crippen molar-refractivity contribution < 1.29 is 5.11 Å². The molecule has 0 aromatic rings. The number of hydrogen-bond donors (Lipinski definition) is 1. The van der Waals surface area contributed by atoms with Crippen molar-refractivity contribution in [3.05, 3.63) is 36.6 Å². The Labute approximate surface area is 62.4 Å². The summed E-state index contributed by atoms with van der Waals surface area (Å²) in [6, 6.07) is 0. The zero-order chi connectivity index (χ0) is 7.66. The van der Waals surface area contributed by atoms with Gasteiger partial charge in [-0.15, -0.1) is 0 Å². The Hall–Kier alpha value is -0.980. The zero-order valence-electron chi connectivity index (χ0n) is 6.33. The first-order valence-corrected chi connectivity index (χ1v) is 3.52. The average molecular weight is 138 g/mol. The molecule has 0 amide bonds. The van der Waals surface area contributed by atoms with Crippen LogP contribution in [0.5, 0.6) is 0 Å². The number of rotatable bonds is 4. The van der Waals surface area contributed by atoms with Gasteiger partial charge in [0.05, 0.1) is 6.26 Å². The van der Waals surface area contributed by atoms with Crippen molar-refractivity contribution in [3.8, 4) is 0 Å². The van der Waals surface area contributed by atoms with Gasteiger partial charge in [0.2, 0.25) is 0 Å². The topological polar surface area (TPSA) is 20.2 Å². The van der Waals surface area contributed by atoms with Gasteiger partial charge < -0.3 is 5.11 Å². The monoisotopic (exact) mass is 138 g/mol. The molecule has 56 valence electrons. The SMILES string of the molecule is CC/C=C/C/C=C/C=C/O. The van der Waals surface area contributed by atoms with Gasteiger partial charge >= 0.3 is 0 Å². The van der Waals surface area contributed by atoms with E-state index in [1.807, 2.05) is 12.2 Å². The maximum atomic E-state index is 8.22. The fourth-order valence-corrected chi connectivity index (χ4v) is 0.548. The smallest absolute Gasteiger partial charge is 0.0791 e. The molecule has 0 bridgehead atoms. The first kappa shape index (κ1) is 9.02. The van der Waals surface area contributed by atoms with E-state index in [0.29, 0.717) is 0 Å². The van der Waals surface area contributed by atoms with Crippen LogP contribution in [0.3, 0.4) is 0 Å². The normalized spacial score (nSPS) is 12.5. The summed E-state index contributed by atoms with van der Waals surface area (Å²) in [5.74, 6) is 0. The predicted octanol–water partition coefficient (Wildman–Crippen LogP) is 2.97. The first-order chi connectivity index (χ1) is 4.91. The van der Waals surface area contributed by atoms with Gasteiger partial charge in [-0.1, -0.05) is 31.2 Å². The van der Waals surface area contributed by atoms with E-state index < -0.39 is 0 Å². The van der Waals surface area contributed by atoms with Gasteiger partial charge in [0.15, 0.2) is 0 Å². The lowest BCUT2D eigenvalue weighted by molar-refractivity contribution is 0.473. The lowest BCUT2D eigenvalue weighted by atomic mass is 10.3. The summed E-state index contributed by atoms with van der Waals surface area (Å²) >= 11 is 0. The molecule has 1 N–H and O–H groups in total. The third kappa shape index (κ3) is 7.02. The number of allylic oxidation sites excluding steroid dienone is 5. The molecule has 0 aliphatic carbocycles. The number of aliphatic hydroxyl groups is 1.